The van der Waals surface area contributed by atoms with Crippen molar-refractivity contribution in [2.24, 2.45) is 5.92 Å². The normalized spacial score (nSPS) is 24.6. The summed E-state index contributed by atoms with van der Waals surface area (Å²) in [5.41, 5.74) is 1.67. The van der Waals surface area contributed by atoms with Gasteiger partial charge < -0.3 is 4.90 Å². The van der Waals surface area contributed by atoms with Crippen LogP contribution >= 0.6 is 0 Å². The van der Waals surface area contributed by atoms with Crippen molar-refractivity contribution in [2.75, 3.05) is 13.1 Å². The molecule has 0 spiro atoms. The molecule has 78 valence electrons. The van der Waals surface area contributed by atoms with Gasteiger partial charge in [-0.25, -0.2) is 0 Å². The minimum Gasteiger partial charge on any atom is -0.301 e. The van der Waals surface area contributed by atoms with Gasteiger partial charge in [-0.15, -0.1) is 0 Å². The van der Waals surface area contributed by atoms with E-state index in [1.54, 1.807) is 5.57 Å². The Morgan fingerprint density at radius 3 is 2.50 bits per heavy atom. The van der Waals surface area contributed by atoms with Gasteiger partial charge in [0.15, 0.2) is 0 Å². The molecule has 0 radical (unpaired) electrons. The van der Waals surface area contributed by atoms with E-state index >= 15 is 0 Å². The van der Waals surface area contributed by atoms with Crippen LogP contribution in [0.3, 0.4) is 0 Å². The van der Waals surface area contributed by atoms with Crippen LogP contribution in [0.25, 0.3) is 0 Å². The van der Waals surface area contributed by atoms with Gasteiger partial charge in [0.05, 0.1) is 0 Å². The molecule has 0 aromatic heterocycles. The maximum absolute atomic E-state index is 2.60. The maximum atomic E-state index is 2.60. The summed E-state index contributed by atoms with van der Waals surface area (Å²) in [6, 6.07) is 0.728. The highest BCUT2D eigenvalue weighted by Gasteiger charge is 2.23. The molecule has 1 heteroatoms. The molecule has 1 fully saturated rings. The maximum Gasteiger partial charge on any atom is 0.00385 e. The molecule has 0 N–H and O–H groups in total. The number of likely N-dealkylation sites (tertiary alicyclic amines) is 1. The summed E-state index contributed by atoms with van der Waals surface area (Å²) in [4.78, 5) is 2.60. The van der Waals surface area contributed by atoms with E-state index in [4.69, 9.17) is 0 Å². The predicted octanol–water partition coefficient (Wildman–Crippen LogP) is 2.99. The van der Waals surface area contributed by atoms with Gasteiger partial charge in [0, 0.05) is 6.04 Å². The topological polar surface area (TPSA) is 3.24 Å². The number of hydrogen-bond acceptors (Lipinski definition) is 1. The Kier molecular flexibility index (Phi) is 3.07. The monoisotopic (exact) mass is 191 g/mol. The zero-order valence-corrected chi connectivity index (χ0v) is 9.37. The smallest absolute Gasteiger partial charge is 0.00385 e. The van der Waals surface area contributed by atoms with Crippen molar-refractivity contribution in [2.45, 2.75) is 39.2 Å². The first-order chi connectivity index (χ1) is 6.77. The third-order valence-electron chi connectivity index (χ3n) is 3.58. The van der Waals surface area contributed by atoms with E-state index in [9.17, 15) is 0 Å². The van der Waals surface area contributed by atoms with Crippen molar-refractivity contribution < 1.29 is 0 Å². The molecule has 0 atom stereocenters. The molecule has 1 aliphatic heterocycles. The van der Waals surface area contributed by atoms with E-state index in [1.807, 2.05) is 0 Å². The summed E-state index contributed by atoms with van der Waals surface area (Å²) in [6.45, 7) is 7.19. The number of rotatable bonds is 2. The second-order valence-corrected chi connectivity index (χ2v) is 4.78. The summed E-state index contributed by atoms with van der Waals surface area (Å²) >= 11 is 0. The lowest BCUT2D eigenvalue weighted by Gasteiger charge is -2.35. The van der Waals surface area contributed by atoms with Gasteiger partial charge in [-0.1, -0.05) is 23.8 Å². The fraction of sp³-hybridized carbons (Fsp3) is 0.692. The molecule has 1 saturated heterocycles. The molecule has 0 saturated carbocycles. The fourth-order valence-corrected chi connectivity index (χ4v) is 2.55. The van der Waals surface area contributed by atoms with Gasteiger partial charge in [-0.05, 0) is 52.1 Å². The lowest BCUT2D eigenvalue weighted by atomic mass is 9.88. The highest BCUT2D eigenvalue weighted by atomic mass is 15.1. The van der Waals surface area contributed by atoms with Crippen LogP contribution in [0.2, 0.25) is 0 Å². The molecule has 2 rings (SSSR count). The molecular weight excluding hydrogens is 170 g/mol. The van der Waals surface area contributed by atoms with Crippen LogP contribution in [-0.2, 0) is 0 Å². The number of nitrogens with zero attached hydrogens (tertiary/aromatic N) is 1. The third-order valence-corrected chi connectivity index (χ3v) is 3.58. The Morgan fingerprint density at radius 2 is 2.00 bits per heavy atom. The fourth-order valence-electron chi connectivity index (χ4n) is 2.55. The van der Waals surface area contributed by atoms with E-state index < -0.39 is 0 Å². The average Bonchev–Trinajstić information content (AvgIpc) is 2.71. The van der Waals surface area contributed by atoms with Crippen LogP contribution in [0, 0.1) is 5.92 Å². The first-order valence-corrected chi connectivity index (χ1v) is 5.87. The van der Waals surface area contributed by atoms with E-state index in [0.717, 1.165) is 12.0 Å². The molecule has 0 unspecified atom stereocenters. The SMILES string of the molecule is CC(C)N1CCC(C2=CC=CC2)CC1. The molecule has 0 aromatic rings. The van der Waals surface area contributed by atoms with Gasteiger partial charge in [0.1, 0.15) is 0 Å². The Balaban J connectivity index is 1.84. The van der Waals surface area contributed by atoms with Gasteiger partial charge in [0.2, 0.25) is 0 Å². The second-order valence-electron chi connectivity index (χ2n) is 4.78. The van der Waals surface area contributed by atoms with Crippen LogP contribution in [0.5, 0.6) is 0 Å². The van der Waals surface area contributed by atoms with Crippen molar-refractivity contribution in [3.05, 3.63) is 23.8 Å². The van der Waals surface area contributed by atoms with Crippen molar-refractivity contribution in [3.63, 3.8) is 0 Å². The average molecular weight is 191 g/mol. The van der Waals surface area contributed by atoms with Crippen molar-refractivity contribution >= 4 is 0 Å². The largest absolute Gasteiger partial charge is 0.301 e. The predicted molar refractivity (Wildman–Crippen MR) is 61.3 cm³/mol. The third kappa shape index (κ3) is 2.09. The Hall–Kier alpha value is -0.560. The number of hydrogen-bond donors (Lipinski definition) is 0. The Bertz CT molecular complexity index is 242. The Labute approximate surface area is 87.5 Å². The highest BCUT2D eigenvalue weighted by molar-refractivity contribution is 5.25. The zero-order valence-electron chi connectivity index (χ0n) is 9.37. The van der Waals surface area contributed by atoms with Gasteiger partial charge >= 0.3 is 0 Å². The molecular formula is C13H21N. The summed E-state index contributed by atoms with van der Waals surface area (Å²) < 4.78 is 0. The van der Waals surface area contributed by atoms with Crippen molar-refractivity contribution in [1.82, 2.24) is 4.90 Å². The van der Waals surface area contributed by atoms with Crippen LogP contribution in [0.4, 0.5) is 0 Å². The first kappa shape index (κ1) is 9.97. The summed E-state index contributed by atoms with van der Waals surface area (Å²) in [6.07, 6.45) is 10.8. The standard InChI is InChI=1S/C13H21N/c1-11(2)14-9-7-13(8-10-14)12-5-3-4-6-12/h3-5,11,13H,6-10H2,1-2H3. The first-order valence-electron chi connectivity index (χ1n) is 5.87. The molecule has 1 nitrogen and oxygen atoms in total. The van der Waals surface area contributed by atoms with E-state index in [2.05, 4.69) is 37.0 Å². The van der Waals surface area contributed by atoms with Crippen LogP contribution in [0.1, 0.15) is 33.1 Å². The minimum atomic E-state index is 0.728. The lowest BCUT2D eigenvalue weighted by molar-refractivity contribution is 0.160. The summed E-state index contributed by atoms with van der Waals surface area (Å²) in [5.74, 6) is 0.875. The van der Waals surface area contributed by atoms with Gasteiger partial charge in [-0.2, -0.15) is 0 Å². The van der Waals surface area contributed by atoms with Gasteiger partial charge in [-0.3, -0.25) is 0 Å². The molecule has 0 amide bonds. The molecule has 1 heterocycles. The van der Waals surface area contributed by atoms with E-state index in [-0.39, 0.29) is 0 Å². The molecule has 1 aliphatic carbocycles. The lowest BCUT2D eigenvalue weighted by Crippen LogP contribution is -2.38. The Morgan fingerprint density at radius 1 is 1.29 bits per heavy atom. The van der Waals surface area contributed by atoms with E-state index in [0.29, 0.717) is 0 Å². The van der Waals surface area contributed by atoms with Crippen LogP contribution in [-0.4, -0.2) is 24.0 Å². The summed E-state index contributed by atoms with van der Waals surface area (Å²) in [7, 11) is 0. The van der Waals surface area contributed by atoms with Crippen LogP contribution in [0.15, 0.2) is 23.8 Å². The zero-order chi connectivity index (χ0) is 9.97. The van der Waals surface area contributed by atoms with Crippen molar-refractivity contribution in [3.8, 4) is 0 Å². The molecule has 2 aliphatic rings. The molecule has 0 aromatic carbocycles. The van der Waals surface area contributed by atoms with E-state index in [1.165, 1.54) is 32.4 Å². The second kappa shape index (κ2) is 4.31. The van der Waals surface area contributed by atoms with Crippen molar-refractivity contribution in [1.29, 1.82) is 0 Å². The quantitative estimate of drug-likeness (QED) is 0.648. The molecule has 14 heavy (non-hydrogen) atoms. The highest BCUT2D eigenvalue weighted by Crippen LogP contribution is 2.29. The number of piperidine rings is 1. The molecule has 0 bridgehead atoms. The minimum absolute atomic E-state index is 0.728. The summed E-state index contributed by atoms with van der Waals surface area (Å²) in [5, 5.41) is 0. The number of allylic oxidation sites excluding steroid dienone is 4. The van der Waals surface area contributed by atoms with Crippen LogP contribution < -0.4 is 0 Å². The van der Waals surface area contributed by atoms with Gasteiger partial charge in [0.25, 0.3) is 0 Å².